The molecule has 5 nitrogen and oxygen atoms in total. The zero-order valence-electron chi connectivity index (χ0n) is 13.4. The molecule has 1 saturated heterocycles. The molecule has 1 aliphatic carbocycles. The van der Waals surface area contributed by atoms with Crippen LogP contribution in [0.1, 0.15) is 49.4 Å². The molecule has 3 unspecified atom stereocenters. The molecular formula is C17H23ClN2O3. The van der Waals surface area contributed by atoms with Gasteiger partial charge in [0.1, 0.15) is 11.1 Å². The van der Waals surface area contributed by atoms with E-state index in [9.17, 15) is 4.79 Å². The Bertz CT molecular complexity index is 561. The smallest absolute Gasteiger partial charge is 0.253 e. The van der Waals surface area contributed by atoms with Crippen LogP contribution in [-0.4, -0.2) is 36.3 Å². The number of nitrogens with one attached hydrogen (secondary N) is 1. The quantitative estimate of drug-likeness (QED) is 0.915. The van der Waals surface area contributed by atoms with E-state index in [0.29, 0.717) is 35.6 Å². The number of halogens is 1. The van der Waals surface area contributed by atoms with E-state index in [4.69, 9.17) is 21.1 Å². The molecule has 1 amide bonds. The molecule has 3 atom stereocenters. The highest BCUT2D eigenvalue weighted by molar-refractivity contribution is 6.32. The van der Waals surface area contributed by atoms with E-state index in [1.807, 2.05) is 0 Å². The first-order chi connectivity index (χ1) is 11.1. The van der Waals surface area contributed by atoms with Crippen LogP contribution in [0.5, 0.6) is 5.88 Å². The van der Waals surface area contributed by atoms with Gasteiger partial charge in [-0.1, -0.05) is 31.4 Å². The third-order valence-electron chi connectivity index (χ3n) is 4.66. The molecule has 2 aliphatic rings. The van der Waals surface area contributed by atoms with E-state index < -0.39 is 0 Å². The zero-order valence-corrected chi connectivity index (χ0v) is 14.1. The molecular weight excluding hydrogens is 316 g/mol. The molecule has 2 heterocycles. The van der Waals surface area contributed by atoms with Gasteiger partial charge in [-0.25, -0.2) is 4.98 Å². The van der Waals surface area contributed by atoms with Gasteiger partial charge in [-0.15, -0.1) is 0 Å². The molecule has 1 saturated carbocycles. The molecule has 1 aromatic heterocycles. The summed E-state index contributed by atoms with van der Waals surface area (Å²) in [5.74, 6) is 0.764. The first-order valence-electron chi connectivity index (χ1n) is 8.34. The normalized spacial score (nSPS) is 27.7. The third-order valence-corrected chi connectivity index (χ3v) is 4.93. The van der Waals surface area contributed by atoms with Crippen molar-refractivity contribution in [1.82, 2.24) is 10.3 Å². The van der Waals surface area contributed by atoms with Crippen molar-refractivity contribution in [1.29, 1.82) is 0 Å². The molecule has 0 radical (unpaired) electrons. The van der Waals surface area contributed by atoms with Crippen molar-refractivity contribution in [3.63, 3.8) is 0 Å². The van der Waals surface area contributed by atoms with Gasteiger partial charge < -0.3 is 14.8 Å². The van der Waals surface area contributed by atoms with Crippen LogP contribution in [0.2, 0.25) is 5.02 Å². The molecule has 2 fully saturated rings. The van der Waals surface area contributed by atoms with Crippen LogP contribution in [0.25, 0.3) is 0 Å². The highest BCUT2D eigenvalue weighted by atomic mass is 35.5. The van der Waals surface area contributed by atoms with Crippen molar-refractivity contribution in [2.24, 2.45) is 5.92 Å². The Labute approximate surface area is 141 Å². The average molecular weight is 339 g/mol. The van der Waals surface area contributed by atoms with Crippen molar-refractivity contribution >= 4 is 17.5 Å². The monoisotopic (exact) mass is 338 g/mol. The van der Waals surface area contributed by atoms with Gasteiger partial charge in [0.05, 0.1) is 18.8 Å². The van der Waals surface area contributed by atoms with Crippen LogP contribution in [0.15, 0.2) is 12.3 Å². The lowest BCUT2D eigenvalue weighted by atomic mass is 9.86. The number of nitrogens with zero attached hydrogens (tertiary/aromatic N) is 1. The number of hydrogen-bond donors (Lipinski definition) is 1. The number of ether oxygens (including phenoxy) is 2. The van der Waals surface area contributed by atoms with Gasteiger partial charge >= 0.3 is 0 Å². The average Bonchev–Trinajstić information content (AvgIpc) is 3.04. The summed E-state index contributed by atoms with van der Waals surface area (Å²) < 4.78 is 11.0. The summed E-state index contributed by atoms with van der Waals surface area (Å²) >= 11 is 6.22. The summed E-state index contributed by atoms with van der Waals surface area (Å²) in [6.45, 7) is 3.44. The molecule has 0 bridgehead atoms. The molecule has 126 valence electrons. The van der Waals surface area contributed by atoms with E-state index in [-0.39, 0.29) is 18.1 Å². The van der Waals surface area contributed by atoms with Crippen LogP contribution in [0, 0.1) is 5.92 Å². The predicted octanol–water partition coefficient (Wildman–Crippen LogP) is 3.21. The van der Waals surface area contributed by atoms with Gasteiger partial charge in [-0.05, 0) is 24.8 Å². The SMILES string of the molecule is CC1CCCCC1NC(=O)c1cnc(OC2CCOC2)c(Cl)c1. The van der Waals surface area contributed by atoms with Gasteiger partial charge in [0, 0.05) is 18.7 Å². The highest BCUT2D eigenvalue weighted by Crippen LogP contribution is 2.26. The largest absolute Gasteiger partial charge is 0.471 e. The molecule has 0 spiro atoms. The number of aromatic nitrogens is 1. The van der Waals surface area contributed by atoms with Crippen molar-refractivity contribution in [2.75, 3.05) is 13.2 Å². The maximum atomic E-state index is 12.4. The van der Waals surface area contributed by atoms with Gasteiger partial charge in [0.15, 0.2) is 0 Å². The van der Waals surface area contributed by atoms with Gasteiger partial charge in [0.2, 0.25) is 5.88 Å². The summed E-state index contributed by atoms with van der Waals surface area (Å²) in [7, 11) is 0. The first kappa shape index (κ1) is 16.5. The number of carbonyl (C=O) groups is 1. The minimum absolute atomic E-state index is 0.0113. The third kappa shape index (κ3) is 4.15. The van der Waals surface area contributed by atoms with Crippen LogP contribution >= 0.6 is 11.6 Å². The summed E-state index contributed by atoms with van der Waals surface area (Å²) in [4.78, 5) is 16.6. The fourth-order valence-corrected chi connectivity index (χ4v) is 3.39. The number of amides is 1. The van der Waals surface area contributed by atoms with E-state index in [2.05, 4.69) is 17.2 Å². The molecule has 1 aromatic rings. The maximum absolute atomic E-state index is 12.4. The van der Waals surface area contributed by atoms with E-state index in [0.717, 1.165) is 12.8 Å². The molecule has 0 aromatic carbocycles. The van der Waals surface area contributed by atoms with Crippen molar-refractivity contribution < 1.29 is 14.3 Å². The minimum Gasteiger partial charge on any atom is -0.471 e. The number of pyridine rings is 1. The van der Waals surface area contributed by atoms with E-state index in [1.54, 1.807) is 6.07 Å². The molecule has 1 N–H and O–H groups in total. The second-order valence-electron chi connectivity index (χ2n) is 6.46. The second-order valence-corrected chi connectivity index (χ2v) is 6.86. The summed E-state index contributed by atoms with van der Waals surface area (Å²) in [5.41, 5.74) is 0.475. The lowest BCUT2D eigenvalue weighted by molar-refractivity contribution is 0.0909. The van der Waals surface area contributed by atoms with Crippen LogP contribution in [-0.2, 0) is 4.74 Å². The van der Waals surface area contributed by atoms with Crippen molar-refractivity contribution in [3.05, 3.63) is 22.8 Å². The lowest BCUT2D eigenvalue weighted by Gasteiger charge is -2.29. The predicted molar refractivity (Wildman–Crippen MR) is 88.0 cm³/mol. The van der Waals surface area contributed by atoms with Gasteiger partial charge in [0.25, 0.3) is 5.91 Å². The van der Waals surface area contributed by atoms with Gasteiger partial charge in [-0.2, -0.15) is 0 Å². The Balaban J connectivity index is 1.63. The Morgan fingerprint density at radius 3 is 2.91 bits per heavy atom. The topological polar surface area (TPSA) is 60.5 Å². The molecule has 23 heavy (non-hydrogen) atoms. The second kappa shape index (κ2) is 7.49. The van der Waals surface area contributed by atoms with Crippen LogP contribution in [0.3, 0.4) is 0 Å². The Hall–Kier alpha value is -1.33. The summed E-state index contributed by atoms with van der Waals surface area (Å²) in [6, 6.07) is 1.87. The Morgan fingerprint density at radius 2 is 2.22 bits per heavy atom. The van der Waals surface area contributed by atoms with Crippen LogP contribution < -0.4 is 10.1 Å². The summed E-state index contributed by atoms with van der Waals surface area (Å²) in [6.07, 6.45) is 6.97. The fourth-order valence-electron chi connectivity index (χ4n) is 3.18. The minimum atomic E-state index is -0.117. The van der Waals surface area contributed by atoms with E-state index >= 15 is 0 Å². The molecule has 1 aliphatic heterocycles. The maximum Gasteiger partial charge on any atom is 0.253 e. The fraction of sp³-hybridized carbons (Fsp3) is 0.647. The summed E-state index contributed by atoms with van der Waals surface area (Å²) in [5, 5.41) is 3.47. The van der Waals surface area contributed by atoms with Gasteiger partial charge in [-0.3, -0.25) is 4.79 Å². The van der Waals surface area contributed by atoms with Crippen molar-refractivity contribution in [3.8, 4) is 5.88 Å². The highest BCUT2D eigenvalue weighted by Gasteiger charge is 2.24. The Morgan fingerprint density at radius 1 is 1.39 bits per heavy atom. The molecule has 6 heteroatoms. The van der Waals surface area contributed by atoms with Crippen LogP contribution in [0.4, 0.5) is 0 Å². The number of rotatable bonds is 4. The zero-order chi connectivity index (χ0) is 16.2. The molecule has 3 rings (SSSR count). The number of hydrogen-bond acceptors (Lipinski definition) is 4. The number of carbonyl (C=O) groups excluding carboxylic acids is 1. The van der Waals surface area contributed by atoms with E-state index in [1.165, 1.54) is 25.5 Å². The standard InChI is InChI=1S/C17H23ClN2O3/c1-11-4-2-3-5-15(11)20-16(21)12-8-14(18)17(19-9-12)23-13-6-7-22-10-13/h8-9,11,13,15H,2-7,10H2,1H3,(H,20,21). The first-order valence-corrected chi connectivity index (χ1v) is 8.72. The Kier molecular flexibility index (Phi) is 5.38. The van der Waals surface area contributed by atoms with Crippen molar-refractivity contribution in [2.45, 2.75) is 51.2 Å². The lowest BCUT2D eigenvalue weighted by Crippen LogP contribution is -2.41.